The Hall–Kier alpha value is -1.56. The number of aromatic amines is 1. The fourth-order valence-electron chi connectivity index (χ4n) is 3.02. The minimum Gasteiger partial charge on any atom is -0.496 e. The third-order valence-electron chi connectivity index (χ3n) is 4.16. The molecular formula is C16H20ClN3O2. The SMILES string of the molecule is COc1cc(Cl)ccc1CN1C[C@H](OC)CC1c1ncc[nH]1. The summed E-state index contributed by atoms with van der Waals surface area (Å²) in [5, 5.41) is 0.680. The van der Waals surface area contributed by atoms with Crippen LogP contribution in [0.25, 0.3) is 0 Å². The fourth-order valence-corrected chi connectivity index (χ4v) is 3.18. The highest BCUT2D eigenvalue weighted by Crippen LogP contribution is 2.34. The summed E-state index contributed by atoms with van der Waals surface area (Å²) in [7, 11) is 3.43. The van der Waals surface area contributed by atoms with Crippen molar-refractivity contribution in [3.05, 3.63) is 47.0 Å². The number of hydrogen-bond acceptors (Lipinski definition) is 4. The fraction of sp³-hybridized carbons (Fsp3) is 0.438. The predicted molar refractivity (Wildman–Crippen MR) is 85.2 cm³/mol. The van der Waals surface area contributed by atoms with Gasteiger partial charge in [0.2, 0.25) is 0 Å². The lowest BCUT2D eigenvalue weighted by Gasteiger charge is -2.23. The highest BCUT2D eigenvalue weighted by atomic mass is 35.5. The van der Waals surface area contributed by atoms with E-state index in [1.165, 1.54) is 0 Å². The van der Waals surface area contributed by atoms with E-state index in [0.29, 0.717) is 5.02 Å². The van der Waals surface area contributed by atoms with Gasteiger partial charge >= 0.3 is 0 Å². The van der Waals surface area contributed by atoms with Crippen molar-refractivity contribution in [3.63, 3.8) is 0 Å². The number of H-pyrrole nitrogens is 1. The van der Waals surface area contributed by atoms with Gasteiger partial charge in [0.1, 0.15) is 11.6 Å². The molecular weight excluding hydrogens is 302 g/mol. The molecule has 0 amide bonds. The lowest BCUT2D eigenvalue weighted by molar-refractivity contribution is 0.107. The lowest BCUT2D eigenvalue weighted by Crippen LogP contribution is -2.25. The van der Waals surface area contributed by atoms with Crippen molar-refractivity contribution in [1.82, 2.24) is 14.9 Å². The van der Waals surface area contributed by atoms with Gasteiger partial charge in [-0.15, -0.1) is 0 Å². The number of aromatic nitrogens is 2. The number of ether oxygens (including phenoxy) is 2. The van der Waals surface area contributed by atoms with Gasteiger partial charge in [-0.25, -0.2) is 4.98 Å². The molecule has 1 N–H and O–H groups in total. The van der Waals surface area contributed by atoms with Crippen molar-refractivity contribution < 1.29 is 9.47 Å². The Kier molecular flexibility index (Phi) is 4.66. The molecule has 0 saturated carbocycles. The molecule has 118 valence electrons. The highest BCUT2D eigenvalue weighted by molar-refractivity contribution is 6.30. The Balaban J connectivity index is 1.83. The van der Waals surface area contributed by atoms with Crippen molar-refractivity contribution in [2.75, 3.05) is 20.8 Å². The van der Waals surface area contributed by atoms with E-state index in [-0.39, 0.29) is 12.1 Å². The van der Waals surface area contributed by atoms with Gasteiger partial charge in [0.25, 0.3) is 0 Å². The number of methoxy groups -OCH3 is 2. The van der Waals surface area contributed by atoms with Crippen molar-refractivity contribution in [1.29, 1.82) is 0 Å². The molecule has 2 aromatic rings. The number of halogens is 1. The van der Waals surface area contributed by atoms with Gasteiger partial charge in [0, 0.05) is 43.2 Å². The molecule has 3 rings (SSSR count). The number of imidazole rings is 1. The molecule has 22 heavy (non-hydrogen) atoms. The summed E-state index contributed by atoms with van der Waals surface area (Å²) >= 11 is 6.04. The Morgan fingerprint density at radius 2 is 2.27 bits per heavy atom. The molecule has 1 fully saturated rings. The first-order valence-electron chi connectivity index (χ1n) is 7.29. The molecule has 2 heterocycles. The van der Waals surface area contributed by atoms with E-state index >= 15 is 0 Å². The van der Waals surface area contributed by atoms with Crippen LogP contribution < -0.4 is 4.74 Å². The Labute approximate surface area is 135 Å². The van der Waals surface area contributed by atoms with Crippen LogP contribution in [0.3, 0.4) is 0 Å². The Morgan fingerprint density at radius 1 is 1.41 bits per heavy atom. The third kappa shape index (κ3) is 3.11. The molecule has 5 nitrogen and oxygen atoms in total. The van der Waals surface area contributed by atoms with E-state index in [2.05, 4.69) is 14.9 Å². The van der Waals surface area contributed by atoms with Crippen LogP contribution in [-0.2, 0) is 11.3 Å². The van der Waals surface area contributed by atoms with Crippen LogP contribution >= 0.6 is 11.6 Å². The first kappa shape index (κ1) is 15.3. The van der Waals surface area contributed by atoms with Crippen LogP contribution in [0.4, 0.5) is 0 Å². The quantitative estimate of drug-likeness (QED) is 0.919. The van der Waals surface area contributed by atoms with Gasteiger partial charge in [-0.2, -0.15) is 0 Å². The molecule has 2 atom stereocenters. The summed E-state index contributed by atoms with van der Waals surface area (Å²) in [6, 6.07) is 5.98. The summed E-state index contributed by atoms with van der Waals surface area (Å²) in [6.45, 7) is 1.64. The number of nitrogens with zero attached hydrogens (tertiary/aromatic N) is 2. The zero-order valence-corrected chi connectivity index (χ0v) is 13.5. The first-order valence-corrected chi connectivity index (χ1v) is 7.67. The standard InChI is InChI=1S/C16H20ClN3O2/c1-21-13-8-14(16-18-5-6-19-16)20(10-13)9-11-3-4-12(17)7-15(11)22-2/h3-7,13-14H,8-10H2,1-2H3,(H,18,19)/t13-,14?/m1/s1. The van der Waals surface area contributed by atoms with Gasteiger partial charge < -0.3 is 14.5 Å². The number of rotatable bonds is 5. The highest BCUT2D eigenvalue weighted by Gasteiger charge is 2.35. The van der Waals surface area contributed by atoms with Gasteiger partial charge in [-0.1, -0.05) is 17.7 Å². The number of hydrogen-bond donors (Lipinski definition) is 1. The molecule has 0 spiro atoms. The largest absolute Gasteiger partial charge is 0.496 e. The van der Waals surface area contributed by atoms with Crippen LogP contribution in [-0.4, -0.2) is 41.7 Å². The Morgan fingerprint density at radius 3 is 2.95 bits per heavy atom. The predicted octanol–water partition coefficient (Wildman–Crippen LogP) is 3.03. The maximum absolute atomic E-state index is 6.04. The van der Waals surface area contributed by atoms with E-state index in [4.69, 9.17) is 21.1 Å². The van der Waals surface area contributed by atoms with Crippen molar-refractivity contribution in [3.8, 4) is 5.75 Å². The first-order chi connectivity index (χ1) is 10.7. The second-order valence-electron chi connectivity index (χ2n) is 5.47. The van der Waals surface area contributed by atoms with Crippen molar-refractivity contribution in [2.45, 2.75) is 25.1 Å². The molecule has 1 aliphatic heterocycles. The van der Waals surface area contributed by atoms with Crippen LogP contribution in [0.2, 0.25) is 5.02 Å². The normalized spacial score (nSPS) is 22.1. The van der Waals surface area contributed by atoms with Gasteiger partial charge in [-0.3, -0.25) is 4.90 Å². The van der Waals surface area contributed by atoms with E-state index in [1.807, 2.05) is 24.4 Å². The van der Waals surface area contributed by atoms with Crippen LogP contribution in [0.1, 0.15) is 23.9 Å². The molecule has 1 aromatic heterocycles. The monoisotopic (exact) mass is 321 g/mol. The summed E-state index contributed by atoms with van der Waals surface area (Å²) in [6.07, 6.45) is 4.79. The molecule has 6 heteroatoms. The van der Waals surface area contributed by atoms with Crippen LogP contribution in [0, 0.1) is 0 Å². The molecule has 0 bridgehead atoms. The smallest absolute Gasteiger partial charge is 0.124 e. The number of benzene rings is 1. The molecule has 1 aliphatic rings. The molecule has 0 aliphatic carbocycles. The molecule has 0 radical (unpaired) electrons. The van der Waals surface area contributed by atoms with E-state index in [1.54, 1.807) is 20.4 Å². The van der Waals surface area contributed by atoms with E-state index in [0.717, 1.165) is 36.6 Å². The summed E-state index contributed by atoms with van der Waals surface area (Å²) in [5.74, 6) is 1.79. The lowest BCUT2D eigenvalue weighted by atomic mass is 10.1. The van der Waals surface area contributed by atoms with Crippen LogP contribution in [0.15, 0.2) is 30.6 Å². The second kappa shape index (κ2) is 6.69. The zero-order valence-electron chi connectivity index (χ0n) is 12.8. The van der Waals surface area contributed by atoms with Gasteiger partial charge in [-0.05, 0) is 18.6 Å². The molecule has 1 saturated heterocycles. The minimum atomic E-state index is 0.216. The number of likely N-dealkylation sites (tertiary alicyclic amines) is 1. The Bertz CT molecular complexity index is 618. The third-order valence-corrected chi connectivity index (χ3v) is 4.39. The summed E-state index contributed by atoms with van der Waals surface area (Å²) < 4.78 is 11.0. The molecule has 1 aromatic carbocycles. The van der Waals surface area contributed by atoms with Crippen LogP contribution in [0.5, 0.6) is 5.75 Å². The average Bonchev–Trinajstić information content (AvgIpc) is 3.17. The van der Waals surface area contributed by atoms with Gasteiger partial charge in [0.15, 0.2) is 0 Å². The topological polar surface area (TPSA) is 50.4 Å². The minimum absolute atomic E-state index is 0.216. The second-order valence-corrected chi connectivity index (χ2v) is 5.91. The molecule has 1 unspecified atom stereocenters. The summed E-state index contributed by atoms with van der Waals surface area (Å²) in [5.41, 5.74) is 1.11. The van der Waals surface area contributed by atoms with Crippen molar-refractivity contribution >= 4 is 11.6 Å². The average molecular weight is 322 g/mol. The zero-order chi connectivity index (χ0) is 15.5. The maximum Gasteiger partial charge on any atom is 0.124 e. The van der Waals surface area contributed by atoms with Crippen molar-refractivity contribution in [2.24, 2.45) is 0 Å². The maximum atomic E-state index is 6.04. The van der Waals surface area contributed by atoms with E-state index < -0.39 is 0 Å². The van der Waals surface area contributed by atoms with Gasteiger partial charge in [0.05, 0.1) is 19.3 Å². The van der Waals surface area contributed by atoms with E-state index in [9.17, 15) is 0 Å². The number of nitrogens with one attached hydrogen (secondary N) is 1. The summed E-state index contributed by atoms with van der Waals surface area (Å²) in [4.78, 5) is 9.99.